The fourth-order valence-electron chi connectivity index (χ4n) is 3.38. The largest absolute Gasteiger partial charge is 0.340 e. The van der Waals surface area contributed by atoms with Crippen LogP contribution in [-0.4, -0.2) is 37.1 Å². The summed E-state index contributed by atoms with van der Waals surface area (Å²) < 4.78 is 14.6. The molecule has 1 amide bonds. The third-order valence-corrected chi connectivity index (χ3v) is 4.72. The van der Waals surface area contributed by atoms with Crippen LogP contribution in [0.2, 0.25) is 0 Å². The van der Waals surface area contributed by atoms with Crippen LogP contribution in [0.15, 0.2) is 35.1 Å². The number of nitrogens with one attached hydrogen (secondary N) is 1. The minimum Gasteiger partial charge on any atom is -0.340 e. The smallest absolute Gasteiger partial charge is 0.274 e. The quantitative estimate of drug-likeness (QED) is 0.763. The van der Waals surface area contributed by atoms with Gasteiger partial charge in [-0.25, -0.2) is 14.1 Å². The minimum atomic E-state index is -0.335. The average molecular weight is 355 g/mol. The highest BCUT2D eigenvalue weighted by Gasteiger charge is 2.31. The van der Waals surface area contributed by atoms with Gasteiger partial charge in [0, 0.05) is 19.7 Å². The number of aryl methyl sites for hydroxylation is 1. The van der Waals surface area contributed by atoms with Crippen LogP contribution in [0.1, 0.15) is 41.6 Å². The van der Waals surface area contributed by atoms with Crippen molar-refractivity contribution in [1.29, 1.82) is 0 Å². The van der Waals surface area contributed by atoms with Gasteiger partial charge in [0.25, 0.3) is 11.5 Å². The fraction of sp³-hybridized carbons (Fsp3) is 0.333. The zero-order valence-corrected chi connectivity index (χ0v) is 14.3. The van der Waals surface area contributed by atoms with Gasteiger partial charge in [-0.2, -0.15) is 5.10 Å². The molecule has 0 aliphatic carbocycles. The zero-order chi connectivity index (χ0) is 18.3. The summed E-state index contributed by atoms with van der Waals surface area (Å²) in [6.45, 7) is 0.583. The number of H-pyrrole nitrogens is 1. The molecule has 7 nitrogen and oxygen atoms in total. The second-order valence-electron chi connectivity index (χ2n) is 6.47. The van der Waals surface area contributed by atoms with E-state index in [0.717, 1.165) is 23.9 Å². The summed E-state index contributed by atoms with van der Waals surface area (Å²) in [4.78, 5) is 33.9. The zero-order valence-electron chi connectivity index (χ0n) is 14.3. The summed E-state index contributed by atoms with van der Waals surface area (Å²) in [6, 6.07) is 6.94. The molecule has 0 spiro atoms. The molecule has 1 saturated heterocycles. The number of amides is 1. The summed E-state index contributed by atoms with van der Waals surface area (Å²) in [7, 11) is 1.51. The Balaban J connectivity index is 1.70. The van der Waals surface area contributed by atoms with E-state index >= 15 is 0 Å². The van der Waals surface area contributed by atoms with Crippen molar-refractivity contribution in [1.82, 2.24) is 24.6 Å². The molecule has 8 heteroatoms. The molecule has 1 aromatic carbocycles. The van der Waals surface area contributed by atoms with Gasteiger partial charge >= 0.3 is 0 Å². The van der Waals surface area contributed by atoms with E-state index in [1.54, 1.807) is 11.0 Å². The molecule has 1 aliphatic heterocycles. The van der Waals surface area contributed by atoms with Gasteiger partial charge in [0.05, 0.1) is 17.1 Å². The third-order valence-electron chi connectivity index (χ3n) is 4.72. The number of carbonyl (C=O) groups is 1. The van der Waals surface area contributed by atoms with Crippen molar-refractivity contribution in [2.75, 3.05) is 6.54 Å². The predicted octanol–water partition coefficient (Wildman–Crippen LogP) is 2.16. The van der Waals surface area contributed by atoms with E-state index in [0.29, 0.717) is 23.4 Å². The van der Waals surface area contributed by atoms with Crippen molar-refractivity contribution in [3.63, 3.8) is 0 Å². The van der Waals surface area contributed by atoms with Crippen molar-refractivity contribution in [3.8, 4) is 0 Å². The molecule has 1 aliphatic rings. The lowest BCUT2D eigenvalue weighted by atomic mass is 10.0. The van der Waals surface area contributed by atoms with E-state index in [9.17, 15) is 14.0 Å². The number of carbonyl (C=O) groups excluding carboxylic acids is 1. The van der Waals surface area contributed by atoms with Gasteiger partial charge in [-0.3, -0.25) is 9.59 Å². The number of aromatic nitrogens is 4. The first-order valence-corrected chi connectivity index (χ1v) is 8.53. The fourth-order valence-corrected chi connectivity index (χ4v) is 3.38. The first-order chi connectivity index (χ1) is 12.5. The first kappa shape index (κ1) is 16.4. The predicted molar refractivity (Wildman–Crippen MR) is 93.2 cm³/mol. The molecule has 0 radical (unpaired) electrons. The highest BCUT2D eigenvalue weighted by atomic mass is 19.1. The molecule has 3 aromatic rings. The number of hydrogen-bond acceptors (Lipinski definition) is 4. The molecule has 1 atom stereocenters. The summed E-state index contributed by atoms with van der Waals surface area (Å²) >= 11 is 0. The van der Waals surface area contributed by atoms with Crippen molar-refractivity contribution < 1.29 is 9.18 Å². The number of rotatable bonds is 2. The van der Waals surface area contributed by atoms with E-state index in [2.05, 4.69) is 15.1 Å². The molecule has 0 unspecified atom stereocenters. The van der Waals surface area contributed by atoms with Crippen LogP contribution in [0.5, 0.6) is 0 Å². The molecule has 3 heterocycles. The topological polar surface area (TPSA) is 83.9 Å². The maximum atomic E-state index is 13.4. The van der Waals surface area contributed by atoms with Crippen molar-refractivity contribution in [2.24, 2.45) is 7.05 Å². The lowest BCUT2D eigenvalue weighted by Gasteiger charge is -2.34. The number of likely N-dealkylation sites (tertiary alicyclic amines) is 1. The summed E-state index contributed by atoms with van der Waals surface area (Å²) in [5.74, 6) is 0.0686. The van der Waals surface area contributed by atoms with Gasteiger partial charge < -0.3 is 9.88 Å². The Bertz CT molecular complexity index is 1040. The summed E-state index contributed by atoms with van der Waals surface area (Å²) in [5, 5.41) is 4.06. The van der Waals surface area contributed by atoms with Gasteiger partial charge in [0.1, 0.15) is 17.3 Å². The monoisotopic (exact) mass is 355 g/mol. The van der Waals surface area contributed by atoms with Gasteiger partial charge in [0.2, 0.25) is 0 Å². The number of hydrogen-bond donors (Lipinski definition) is 1. The number of nitrogens with zero attached hydrogens (tertiary/aromatic N) is 4. The number of piperidine rings is 1. The molecule has 4 rings (SSSR count). The van der Waals surface area contributed by atoms with Crippen LogP contribution in [0.4, 0.5) is 4.39 Å². The number of aromatic amines is 1. The van der Waals surface area contributed by atoms with Crippen LogP contribution in [0.3, 0.4) is 0 Å². The summed E-state index contributed by atoms with van der Waals surface area (Å²) in [6.07, 6.45) is 2.63. The van der Waals surface area contributed by atoms with Crippen molar-refractivity contribution >= 4 is 16.9 Å². The Kier molecular flexibility index (Phi) is 4.02. The highest BCUT2D eigenvalue weighted by Crippen LogP contribution is 2.31. The van der Waals surface area contributed by atoms with Crippen LogP contribution < -0.4 is 5.56 Å². The lowest BCUT2D eigenvalue weighted by molar-refractivity contribution is 0.0592. The molecular formula is C18H18FN5O2. The minimum absolute atomic E-state index is 0.223. The second-order valence-corrected chi connectivity index (χ2v) is 6.47. The second kappa shape index (κ2) is 6.36. The Morgan fingerprint density at radius 1 is 1.27 bits per heavy atom. The van der Waals surface area contributed by atoms with Gasteiger partial charge in [-0.15, -0.1) is 0 Å². The van der Waals surface area contributed by atoms with E-state index in [4.69, 9.17) is 0 Å². The maximum Gasteiger partial charge on any atom is 0.274 e. The first-order valence-electron chi connectivity index (χ1n) is 8.53. The molecule has 134 valence electrons. The van der Waals surface area contributed by atoms with Gasteiger partial charge in [-0.05, 0) is 43.5 Å². The van der Waals surface area contributed by atoms with Crippen LogP contribution in [0.25, 0.3) is 11.0 Å². The standard InChI is InChI=1S/C18H18FN5O2/c1-23-16(25)8-7-13(22-23)18(26)24-9-3-2-4-15(24)17-20-12-6-5-11(19)10-14(12)21-17/h5-8,10,15H,2-4,9H2,1H3,(H,20,21)/t15-/m1/s1. The Morgan fingerprint density at radius 2 is 2.12 bits per heavy atom. The molecule has 26 heavy (non-hydrogen) atoms. The normalized spacial score (nSPS) is 17.6. The van der Waals surface area contributed by atoms with Gasteiger partial charge in [0.15, 0.2) is 0 Å². The van der Waals surface area contributed by atoms with Crippen molar-refractivity contribution in [2.45, 2.75) is 25.3 Å². The average Bonchev–Trinajstić information content (AvgIpc) is 3.06. The van der Waals surface area contributed by atoms with Crippen LogP contribution >= 0.6 is 0 Å². The molecule has 1 fully saturated rings. The highest BCUT2D eigenvalue weighted by molar-refractivity contribution is 5.92. The Hall–Kier alpha value is -3.03. The molecular weight excluding hydrogens is 337 g/mol. The van der Waals surface area contributed by atoms with Gasteiger partial charge in [-0.1, -0.05) is 0 Å². The molecule has 0 saturated carbocycles. The van der Waals surface area contributed by atoms with E-state index in [1.807, 2.05) is 0 Å². The number of benzene rings is 1. The van der Waals surface area contributed by atoms with E-state index < -0.39 is 0 Å². The number of imidazole rings is 1. The van der Waals surface area contributed by atoms with Crippen LogP contribution in [-0.2, 0) is 7.05 Å². The Morgan fingerprint density at radius 3 is 2.92 bits per heavy atom. The lowest BCUT2D eigenvalue weighted by Crippen LogP contribution is -2.40. The molecule has 0 bridgehead atoms. The van der Waals surface area contributed by atoms with E-state index in [1.165, 1.54) is 31.3 Å². The SMILES string of the molecule is Cn1nc(C(=O)N2CCCC[C@@H]2c2nc3ccc(F)cc3[nH]2)ccc1=O. The van der Waals surface area contributed by atoms with E-state index in [-0.39, 0.29) is 29.0 Å². The Labute approximate surface area is 148 Å². The maximum absolute atomic E-state index is 13.4. The number of fused-ring (bicyclic) bond motifs is 1. The number of halogens is 1. The summed E-state index contributed by atoms with van der Waals surface area (Å²) in [5.41, 5.74) is 1.23. The molecule has 2 aromatic heterocycles. The van der Waals surface area contributed by atoms with Crippen LogP contribution in [0, 0.1) is 5.82 Å². The molecule has 1 N–H and O–H groups in total. The third kappa shape index (κ3) is 2.87. The van der Waals surface area contributed by atoms with Crippen molar-refractivity contribution in [3.05, 3.63) is 58.0 Å².